The van der Waals surface area contributed by atoms with Gasteiger partial charge >= 0.3 is 0 Å². The zero-order chi connectivity index (χ0) is 15.9. The first-order valence-corrected chi connectivity index (χ1v) is 7.79. The minimum absolute atomic E-state index is 0.0169. The van der Waals surface area contributed by atoms with Crippen molar-refractivity contribution in [3.63, 3.8) is 0 Å². The van der Waals surface area contributed by atoms with Crippen molar-refractivity contribution in [3.8, 4) is 6.07 Å². The summed E-state index contributed by atoms with van der Waals surface area (Å²) in [6.45, 7) is 2.05. The summed E-state index contributed by atoms with van der Waals surface area (Å²) in [4.78, 5) is 13.1. The summed E-state index contributed by atoms with van der Waals surface area (Å²) in [6, 6.07) is 8.05. The Morgan fingerprint density at radius 1 is 1.38 bits per heavy atom. The van der Waals surface area contributed by atoms with Crippen LogP contribution in [-0.2, 0) is 14.8 Å². The molecule has 0 aliphatic carbocycles. The van der Waals surface area contributed by atoms with Crippen molar-refractivity contribution in [2.75, 3.05) is 20.1 Å². The van der Waals surface area contributed by atoms with Gasteiger partial charge in [-0.05, 0) is 23.8 Å². The van der Waals surface area contributed by atoms with E-state index in [1.54, 1.807) is 25.1 Å². The van der Waals surface area contributed by atoms with Crippen molar-refractivity contribution < 1.29 is 13.2 Å². The third-order valence-electron chi connectivity index (χ3n) is 2.63. The molecule has 0 saturated carbocycles. The molecule has 21 heavy (non-hydrogen) atoms. The van der Waals surface area contributed by atoms with E-state index in [9.17, 15) is 13.2 Å². The summed E-state index contributed by atoms with van der Waals surface area (Å²) in [5.74, 6) is -0.291. The average molecular weight is 307 g/mol. The smallest absolute Gasteiger partial charge is 0.247 e. The van der Waals surface area contributed by atoms with Gasteiger partial charge in [0.1, 0.15) is 6.54 Å². The molecule has 112 valence electrons. The highest BCUT2D eigenvalue weighted by Gasteiger charge is 2.11. The van der Waals surface area contributed by atoms with Crippen LogP contribution in [0.1, 0.15) is 12.5 Å². The van der Waals surface area contributed by atoms with Gasteiger partial charge in [0.05, 0.1) is 11.0 Å². The lowest BCUT2D eigenvalue weighted by Crippen LogP contribution is -2.24. The van der Waals surface area contributed by atoms with Gasteiger partial charge in [0.15, 0.2) is 0 Å². The van der Waals surface area contributed by atoms with E-state index in [1.165, 1.54) is 30.2 Å². The quantitative estimate of drug-likeness (QED) is 0.626. The predicted octanol–water partition coefficient (Wildman–Crippen LogP) is 0.980. The zero-order valence-corrected chi connectivity index (χ0v) is 12.7. The Balaban J connectivity index is 2.80. The lowest BCUT2D eigenvalue weighted by atomic mass is 10.2. The lowest BCUT2D eigenvalue weighted by molar-refractivity contribution is -0.124. The normalized spacial score (nSPS) is 11.3. The summed E-state index contributed by atoms with van der Waals surface area (Å²) in [5.41, 5.74) is 0.698. The van der Waals surface area contributed by atoms with Crippen LogP contribution >= 0.6 is 0 Å². The van der Waals surface area contributed by atoms with Crippen LogP contribution in [0, 0.1) is 11.3 Å². The minimum Gasteiger partial charge on any atom is -0.329 e. The van der Waals surface area contributed by atoms with Gasteiger partial charge in [-0.15, -0.1) is 0 Å². The van der Waals surface area contributed by atoms with Crippen molar-refractivity contribution in [1.29, 1.82) is 5.26 Å². The van der Waals surface area contributed by atoms with E-state index in [-0.39, 0.29) is 17.3 Å². The Morgan fingerprint density at radius 3 is 2.52 bits per heavy atom. The van der Waals surface area contributed by atoms with E-state index in [0.29, 0.717) is 12.1 Å². The summed E-state index contributed by atoms with van der Waals surface area (Å²) in [7, 11) is -1.93. The highest BCUT2D eigenvalue weighted by molar-refractivity contribution is 7.89. The van der Waals surface area contributed by atoms with Crippen LogP contribution in [0.4, 0.5) is 0 Å². The SMILES string of the molecule is CCNS(=O)(=O)c1ccc(/C=C/C(=O)N(C)CC#N)cc1. The second-order valence-corrected chi connectivity index (χ2v) is 6.02. The second kappa shape index (κ2) is 7.57. The molecular weight excluding hydrogens is 290 g/mol. The average Bonchev–Trinajstić information content (AvgIpc) is 2.45. The molecule has 1 aromatic carbocycles. The molecular formula is C14H17N3O3S. The van der Waals surface area contributed by atoms with E-state index in [4.69, 9.17) is 5.26 Å². The molecule has 0 fully saturated rings. The van der Waals surface area contributed by atoms with Crippen molar-refractivity contribution in [2.24, 2.45) is 0 Å². The first-order chi connectivity index (χ1) is 9.90. The Kier molecular flexibility index (Phi) is 6.09. The molecule has 0 aromatic heterocycles. The predicted molar refractivity (Wildman–Crippen MR) is 79.6 cm³/mol. The topological polar surface area (TPSA) is 90.3 Å². The van der Waals surface area contributed by atoms with Gasteiger partial charge in [-0.2, -0.15) is 5.26 Å². The van der Waals surface area contributed by atoms with Gasteiger partial charge < -0.3 is 4.90 Å². The van der Waals surface area contributed by atoms with E-state index < -0.39 is 10.0 Å². The number of nitrogens with one attached hydrogen (secondary N) is 1. The Labute approximate surface area is 124 Å². The summed E-state index contributed by atoms with van der Waals surface area (Å²) in [5, 5.41) is 8.49. The van der Waals surface area contributed by atoms with Gasteiger partial charge in [-0.25, -0.2) is 13.1 Å². The number of nitriles is 1. The second-order valence-electron chi connectivity index (χ2n) is 4.26. The fraction of sp³-hybridized carbons (Fsp3) is 0.286. The number of amides is 1. The molecule has 6 nitrogen and oxygen atoms in total. The van der Waals surface area contributed by atoms with Crippen LogP contribution in [-0.4, -0.2) is 39.4 Å². The lowest BCUT2D eigenvalue weighted by Gasteiger charge is -2.09. The molecule has 0 aliphatic heterocycles. The third kappa shape index (κ3) is 5.02. The zero-order valence-electron chi connectivity index (χ0n) is 11.9. The van der Waals surface area contributed by atoms with Crippen LogP contribution in [0.25, 0.3) is 6.08 Å². The molecule has 0 atom stereocenters. The number of benzene rings is 1. The molecule has 0 saturated heterocycles. The Hall–Kier alpha value is -2.17. The van der Waals surface area contributed by atoms with Gasteiger partial charge in [-0.3, -0.25) is 4.79 Å². The fourth-order valence-electron chi connectivity index (χ4n) is 1.51. The highest BCUT2D eigenvalue weighted by Crippen LogP contribution is 2.11. The molecule has 1 N–H and O–H groups in total. The molecule has 0 spiro atoms. The van der Waals surface area contributed by atoms with E-state index in [2.05, 4.69) is 4.72 Å². The standard InChI is InChI=1S/C14H17N3O3S/c1-3-16-21(19,20)13-7-4-12(5-8-13)6-9-14(18)17(2)11-10-15/h4-9,16H,3,11H2,1-2H3/b9-6+. The molecule has 1 rings (SSSR count). The maximum absolute atomic E-state index is 11.8. The van der Waals surface area contributed by atoms with E-state index in [0.717, 1.165) is 0 Å². The summed E-state index contributed by atoms with van der Waals surface area (Å²) >= 11 is 0. The maximum atomic E-state index is 11.8. The van der Waals surface area contributed by atoms with Crippen LogP contribution in [0.15, 0.2) is 35.2 Å². The van der Waals surface area contributed by atoms with Crippen LogP contribution < -0.4 is 4.72 Å². The van der Waals surface area contributed by atoms with Crippen LogP contribution in [0.5, 0.6) is 0 Å². The van der Waals surface area contributed by atoms with Crippen molar-refractivity contribution in [3.05, 3.63) is 35.9 Å². The van der Waals surface area contributed by atoms with Crippen LogP contribution in [0.2, 0.25) is 0 Å². The number of hydrogen-bond donors (Lipinski definition) is 1. The van der Waals surface area contributed by atoms with E-state index in [1.807, 2.05) is 6.07 Å². The molecule has 0 bridgehead atoms. The molecule has 0 heterocycles. The van der Waals surface area contributed by atoms with Crippen molar-refractivity contribution in [1.82, 2.24) is 9.62 Å². The van der Waals surface area contributed by atoms with Gasteiger partial charge in [0.25, 0.3) is 0 Å². The third-order valence-corrected chi connectivity index (χ3v) is 4.19. The number of carbonyl (C=O) groups excluding carboxylic acids is 1. The molecule has 1 aromatic rings. The van der Waals surface area contributed by atoms with Gasteiger partial charge in [0.2, 0.25) is 15.9 Å². The molecule has 1 amide bonds. The fourth-order valence-corrected chi connectivity index (χ4v) is 2.55. The Bertz CT molecular complexity index is 658. The monoisotopic (exact) mass is 307 g/mol. The summed E-state index contributed by atoms with van der Waals surface area (Å²) < 4.78 is 25.9. The number of sulfonamides is 1. The molecule has 0 radical (unpaired) electrons. The number of likely N-dealkylation sites (N-methyl/N-ethyl adjacent to an activating group) is 1. The summed E-state index contributed by atoms with van der Waals surface area (Å²) in [6.07, 6.45) is 2.91. The molecule has 7 heteroatoms. The molecule has 0 unspecified atom stereocenters. The van der Waals surface area contributed by atoms with Crippen molar-refractivity contribution >= 4 is 22.0 Å². The number of nitrogens with zero attached hydrogens (tertiary/aromatic N) is 2. The van der Waals surface area contributed by atoms with Crippen LogP contribution in [0.3, 0.4) is 0 Å². The van der Waals surface area contributed by atoms with Gasteiger partial charge in [-0.1, -0.05) is 19.1 Å². The number of carbonyl (C=O) groups is 1. The highest BCUT2D eigenvalue weighted by atomic mass is 32.2. The first-order valence-electron chi connectivity index (χ1n) is 6.30. The maximum Gasteiger partial charge on any atom is 0.247 e. The van der Waals surface area contributed by atoms with Crippen molar-refractivity contribution in [2.45, 2.75) is 11.8 Å². The molecule has 0 aliphatic rings. The van der Waals surface area contributed by atoms with Gasteiger partial charge in [0, 0.05) is 19.7 Å². The minimum atomic E-state index is -3.46. The first kappa shape index (κ1) is 16.9. The largest absolute Gasteiger partial charge is 0.329 e. The number of rotatable bonds is 6. The number of hydrogen-bond acceptors (Lipinski definition) is 4. The Morgan fingerprint density at radius 2 is 2.00 bits per heavy atom. The van der Waals surface area contributed by atoms with E-state index >= 15 is 0 Å².